The summed E-state index contributed by atoms with van der Waals surface area (Å²) in [4.78, 5) is 32.9. The van der Waals surface area contributed by atoms with Gasteiger partial charge in [0, 0.05) is 22.8 Å². The highest BCUT2D eigenvalue weighted by molar-refractivity contribution is 7.09. The zero-order valence-electron chi connectivity index (χ0n) is 19.6. The number of rotatable bonds is 7. The van der Waals surface area contributed by atoms with Crippen molar-refractivity contribution in [1.82, 2.24) is 9.88 Å². The number of aliphatic hydroxyl groups is 1. The predicted molar refractivity (Wildman–Crippen MR) is 138 cm³/mol. The van der Waals surface area contributed by atoms with Crippen LogP contribution in [0, 0.1) is 6.92 Å². The number of aryl methyl sites for hydroxylation is 1. The first-order valence-corrected chi connectivity index (χ1v) is 12.4. The molecule has 1 atom stereocenters. The van der Waals surface area contributed by atoms with Gasteiger partial charge in [0.2, 0.25) is 0 Å². The molecule has 0 aliphatic carbocycles. The number of thiophene rings is 1. The van der Waals surface area contributed by atoms with E-state index in [-0.39, 0.29) is 17.9 Å². The molecule has 1 saturated heterocycles. The van der Waals surface area contributed by atoms with Crippen molar-refractivity contribution in [1.29, 1.82) is 0 Å². The van der Waals surface area contributed by atoms with Crippen LogP contribution in [-0.2, 0) is 22.7 Å². The number of ketones is 1. The Morgan fingerprint density at radius 2 is 1.89 bits per heavy atom. The minimum absolute atomic E-state index is 0.0573. The van der Waals surface area contributed by atoms with Crippen molar-refractivity contribution in [2.75, 3.05) is 0 Å². The standard InChI is InChI=1S/C29H24N2O4S/c1-19-15-21(11-12-24(19)35-18-20-7-3-2-4-8-20)27(32)25-26(22-9-5-13-30-16-22)31(29(34)28(25)33)17-23-10-6-14-36-23/h2-16,26,32H,17-18H2,1H3/b27-25-. The number of amides is 1. The molecule has 6 nitrogen and oxygen atoms in total. The molecule has 0 bridgehead atoms. The van der Waals surface area contributed by atoms with Gasteiger partial charge in [-0.05, 0) is 59.3 Å². The molecule has 7 heteroatoms. The molecule has 36 heavy (non-hydrogen) atoms. The Labute approximate surface area is 213 Å². The lowest BCUT2D eigenvalue weighted by Gasteiger charge is -2.24. The molecule has 4 aromatic rings. The van der Waals surface area contributed by atoms with Gasteiger partial charge in [0.15, 0.2) is 0 Å². The SMILES string of the molecule is Cc1cc(/C(O)=C2/C(=O)C(=O)N(Cc3cccs3)C2c2cccnc2)ccc1OCc1ccccc1. The maximum Gasteiger partial charge on any atom is 0.295 e. The van der Waals surface area contributed by atoms with Crippen molar-refractivity contribution in [2.45, 2.75) is 26.1 Å². The molecule has 1 fully saturated rings. The lowest BCUT2D eigenvalue weighted by Crippen LogP contribution is -2.28. The van der Waals surface area contributed by atoms with E-state index in [0.29, 0.717) is 23.5 Å². The zero-order chi connectivity index (χ0) is 25.1. The van der Waals surface area contributed by atoms with Gasteiger partial charge in [-0.1, -0.05) is 42.5 Å². The molecular formula is C29H24N2O4S. The molecule has 3 heterocycles. The van der Waals surface area contributed by atoms with Crippen LogP contribution in [0.4, 0.5) is 0 Å². The largest absolute Gasteiger partial charge is 0.507 e. The molecule has 0 radical (unpaired) electrons. The van der Waals surface area contributed by atoms with Crippen molar-refractivity contribution in [3.05, 3.63) is 123 Å². The number of hydrogen-bond acceptors (Lipinski definition) is 6. The number of aliphatic hydroxyl groups excluding tert-OH is 1. The van der Waals surface area contributed by atoms with Crippen molar-refractivity contribution in [3.63, 3.8) is 0 Å². The smallest absolute Gasteiger partial charge is 0.295 e. The number of benzene rings is 2. The number of aromatic nitrogens is 1. The van der Waals surface area contributed by atoms with Crippen LogP contribution >= 0.6 is 11.3 Å². The monoisotopic (exact) mass is 496 g/mol. The second-order valence-corrected chi connectivity index (χ2v) is 9.58. The third-order valence-corrected chi connectivity index (χ3v) is 6.99. The van der Waals surface area contributed by atoms with E-state index in [0.717, 1.165) is 16.0 Å². The summed E-state index contributed by atoms with van der Waals surface area (Å²) in [5, 5.41) is 13.3. The zero-order valence-corrected chi connectivity index (χ0v) is 20.4. The van der Waals surface area contributed by atoms with E-state index in [2.05, 4.69) is 4.98 Å². The fourth-order valence-electron chi connectivity index (χ4n) is 4.35. The molecule has 2 aromatic carbocycles. The van der Waals surface area contributed by atoms with Crippen LogP contribution in [-0.4, -0.2) is 26.7 Å². The minimum atomic E-state index is -0.741. The number of pyridine rings is 1. The first-order valence-electron chi connectivity index (χ1n) is 11.5. The summed E-state index contributed by atoms with van der Waals surface area (Å²) in [7, 11) is 0. The second kappa shape index (κ2) is 10.2. The van der Waals surface area contributed by atoms with Gasteiger partial charge in [0.1, 0.15) is 18.1 Å². The predicted octanol–water partition coefficient (Wildman–Crippen LogP) is 5.65. The summed E-state index contributed by atoms with van der Waals surface area (Å²) in [6.45, 7) is 2.57. The van der Waals surface area contributed by atoms with Gasteiger partial charge in [-0.3, -0.25) is 14.6 Å². The summed E-state index contributed by atoms with van der Waals surface area (Å²) in [5.74, 6) is -0.885. The van der Waals surface area contributed by atoms with Crippen molar-refractivity contribution < 1.29 is 19.4 Å². The average Bonchev–Trinajstić information content (AvgIpc) is 3.51. The highest BCUT2D eigenvalue weighted by Gasteiger charge is 2.46. The maximum atomic E-state index is 13.2. The van der Waals surface area contributed by atoms with E-state index in [4.69, 9.17) is 4.74 Å². The van der Waals surface area contributed by atoms with E-state index >= 15 is 0 Å². The molecule has 0 spiro atoms. The molecule has 0 saturated carbocycles. The maximum absolute atomic E-state index is 13.2. The molecule has 2 aromatic heterocycles. The third kappa shape index (κ3) is 4.65. The Morgan fingerprint density at radius 1 is 1.06 bits per heavy atom. The number of carbonyl (C=O) groups excluding carboxylic acids is 2. The fourth-order valence-corrected chi connectivity index (χ4v) is 5.05. The van der Waals surface area contributed by atoms with Crippen LogP contribution in [0.3, 0.4) is 0 Å². The molecule has 5 rings (SSSR count). The fraction of sp³-hybridized carbons (Fsp3) is 0.138. The number of likely N-dealkylation sites (tertiary alicyclic amines) is 1. The third-order valence-electron chi connectivity index (χ3n) is 6.13. The first-order chi connectivity index (χ1) is 17.5. The topological polar surface area (TPSA) is 79.7 Å². The van der Waals surface area contributed by atoms with Gasteiger partial charge >= 0.3 is 0 Å². The van der Waals surface area contributed by atoms with Gasteiger partial charge in [-0.2, -0.15) is 0 Å². The van der Waals surface area contributed by atoms with E-state index in [1.807, 2.05) is 60.8 Å². The summed E-state index contributed by atoms with van der Waals surface area (Å²) in [6, 6.07) is 21.7. The highest BCUT2D eigenvalue weighted by atomic mass is 32.1. The molecule has 180 valence electrons. The average molecular weight is 497 g/mol. The van der Waals surface area contributed by atoms with Crippen LogP contribution in [0.15, 0.2) is 96.1 Å². The number of hydrogen-bond donors (Lipinski definition) is 1. The molecular weight excluding hydrogens is 472 g/mol. The number of Topliss-reactive ketones (excluding diaryl/α,β-unsaturated/α-hetero) is 1. The van der Waals surface area contributed by atoms with Crippen LogP contribution in [0.2, 0.25) is 0 Å². The summed E-state index contributed by atoms with van der Waals surface area (Å²) >= 11 is 1.51. The molecule has 1 amide bonds. The van der Waals surface area contributed by atoms with E-state index in [1.165, 1.54) is 16.2 Å². The quantitative estimate of drug-likeness (QED) is 0.203. The van der Waals surface area contributed by atoms with Crippen molar-refractivity contribution >= 4 is 28.8 Å². The Morgan fingerprint density at radius 3 is 2.58 bits per heavy atom. The normalized spacial score (nSPS) is 16.9. The highest BCUT2D eigenvalue weighted by Crippen LogP contribution is 2.40. The molecule has 1 N–H and O–H groups in total. The molecule has 1 unspecified atom stereocenters. The van der Waals surface area contributed by atoms with Crippen molar-refractivity contribution in [2.24, 2.45) is 0 Å². The number of nitrogens with zero attached hydrogens (tertiary/aromatic N) is 2. The van der Waals surface area contributed by atoms with Gasteiger partial charge < -0.3 is 14.7 Å². The van der Waals surface area contributed by atoms with Gasteiger partial charge in [-0.25, -0.2) is 0 Å². The van der Waals surface area contributed by atoms with Gasteiger partial charge in [-0.15, -0.1) is 11.3 Å². The number of ether oxygens (including phenoxy) is 1. The summed E-state index contributed by atoms with van der Waals surface area (Å²) in [5.41, 5.74) is 3.02. The van der Waals surface area contributed by atoms with Crippen LogP contribution in [0.25, 0.3) is 5.76 Å². The van der Waals surface area contributed by atoms with Gasteiger partial charge in [0.05, 0.1) is 18.2 Å². The Hall–Kier alpha value is -4.23. The van der Waals surface area contributed by atoms with E-state index < -0.39 is 17.7 Å². The van der Waals surface area contributed by atoms with Crippen LogP contribution < -0.4 is 4.74 Å². The Kier molecular flexibility index (Phi) is 6.64. The molecule has 1 aliphatic heterocycles. The van der Waals surface area contributed by atoms with E-state index in [9.17, 15) is 14.7 Å². The Balaban J connectivity index is 1.50. The van der Waals surface area contributed by atoms with Gasteiger partial charge in [0.25, 0.3) is 11.7 Å². The minimum Gasteiger partial charge on any atom is -0.507 e. The van der Waals surface area contributed by atoms with Crippen LogP contribution in [0.1, 0.15) is 33.2 Å². The van der Waals surface area contributed by atoms with Crippen LogP contribution in [0.5, 0.6) is 5.75 Å². The first kappa shape index (κ1) is 23.5. The molecule has 1 aliphatic rings. The van der Waals surface area contributed by atoms with E-state index in [1.54, 1.807) is 36.7 Å². The lowest BCUT2D eigenvalue weighted by atomic mass is 9.95. The summed E-state index contributed by atoms with van der Waals surface area (Å²) in [6.07, 6.45) is 3.25. The Bertz CT molecular complexity index is 1420. The van der Waals surface area contributed by atoms with Crippen molar-refractivity contribution in [3.8, 4) is 5.75 Å². The summed E-state index contributed by atoms with van der Waals surface area (Å²) < 4.78 is 5.95. The second-order valence-electron chi connectivity index (χ2n) is 8.55. The lowest BCUT2D eigenvalue weighted by molar-refractivity contribution is -0.140. The number of carbonyl (C=O) groups is 2.